The number of hydrogen-bond donors (Lipinski definition) is 3. The number of benzene rings is 1. The first-order valence-electron chi connectivity index (χ1n) is 10.7. The Morgan fingerprint density at radius 2 is 2.00 bits per heavy atom. The number of nitro benzene ring substituents is 1. The van der Waals surface area contributed by atoms with Crippen LogP contribution >= 0.6 is 11.8 Å². The molecule has 36 heavy (non-hydrogen) atoms. The van der Waals surface area contributed by atoms with E-state index in [9.17, 15) is 39.5 Å². The number of carboxylic acid groups (broad SMARTS) is 1. The molecule has 1 saturated heterocycles. The molecule has 3 N–H and O–H groups in total. The number of aliphatic hydroxyl groups is 1. The number of non-ortho nitro benzene ring substituents is 1. The lowest BCUT2D eigenvalue weighted by molar-refractivity contribution is -0.384. The summed E-state index contributed by atoms with van der Waals surface area (Å²) in [7, 11) is 0. The Labute approximate surface area is 208 Å². The van der Waals surface area contributed by atoms with Crippen LogP contribution in [0.1, 0.15) is 18.9 Å². The van der Waals surface area contributed by atoms with Gasteiger partial charge in [0.05, 0.1) is 29.5 Å². The van der Waals surface area contributed by atoms with Crippen LogP contribution in [0.5, 0.6) is 0 Å². The highest BCUT2D eigenvalue weighted by molar-refractivity contribution is 8.05. The second-order valence-electron chi connectivity index (χ2n) is 7.84. The molecular formula is C22H23N3O10S. The molecule has 13 nitrogen and oxygen atoms in total. The number of carboxylic acids is 1. The van der Waals surface area contributed by atoms with Crippen molar-refractivity contribution in [3.63, 3.8) is 0 Å². The van der Waals surface area contributed by atoms with Crippen molar-refractivity contribution in [3.8, 4) is 0 Å². The second-order valence-corrected chi connectivity index (χ2v) is 8.84. The Kier molecular flexibility index (Phi) is 8.66. The lowest BCUT2D eigenvalue weighted by atomic mass is 9.83. The van der Waals surface area contributed by atoms with Gasteiger partial charge >= 0.3 is 18.0 Å². The molecule has 192 valence electrons. The maximum absolute atomic E-state index is 12.2. The number of fused-ring (bicyclic) bond motifs is 1. The van der Waals surface area contributed by atoms with Crippen molar-refractivity contribution in [2.45, 2.75) is 32.1 Å². The van der Waals surface area contributed by atoms with Gasteiger partial charge in [0.2, 0.25) is 5.91 Å². The van der Waals surface area contributed by atoms with E-state index in [4.69, 9.17) is 9.47 Å². The maximum atomic E-state index is 12.2. The summed E-state index contributed by atoms with van der Waals surface area (Å²) in [6.07, 6.45) is -0.302. The minimum absolute atomic E-state index is 0.0282. The molecule has 14 heteroatoms. The van der Waals surface area contributed by atoms with E-state index in [0.29, 0.717) is 10.5 Å². The van der Waals surface area contributed by atoms with E-state index >= 15 is 0 Å². The van der Waals surface area contributed by atoms with Gasteiger partial charge in [-0.15, -0.1) is 0 Å². The first-order chi connectivity index (χ1) is 17.1. The lowest BCUT2D eigenvalue weighted by Gasteiger charge is -2.44. The van der Waals surface area contributed by atoms with E-state index in [1.54, 1.807) is 0 Å². The van der Waals surface area contributed by atoms with Gasteiger partial charge < -0.3 is 29.9 Å². The normalized spacial score (nSPS) is 19.5. The third-order valence-corrected chi connectivity index (χ3v) is 6.35. The molecule has 1 fully saturated rings. The monoisotopic (exact) mass is 521 g/mol. The number of nitrogens with zero attached hydrogens (tertiary/aromatic N) is 2. The number of hydrogen-bond acceptors (Lipinski definition) is 10. The van der Waals surface area contributed by atoms with Crippen LogP contribution in [-0.4, -0.2) is 69.3 Å². The fourth-order valence-electron chi connectivity index (χ4n) is 3.77. The van der Waals surface area contributed by atoms with Crippen molar-refractivity contribution in [2.24, 2.45) is 5.92 Å². The van der Waals surface area contributed by atoms with Gasteiger partial charge in [-0.05, 0) is 30.0 Å². The van der Waals surface area contributed by atoms with E-state index in [1.165, 1.54) is 41.5 Å². The van der Waals surface area contributed by atoms with Crippen LogP contribution in [0.2, 0.25) is 0 Å². The topological polar surface area (TPSA) is 186 Å². The number of carbonyl (C=O) groups is 4. The molecule has 2 heterocycles. The van der Waals surface area contributed by atoms with Crippen molar-refractivity contribution < 1.29 is 43.8 Å². The molecule has 1 aromatic rings. The largest absolute Gasteiger partial charge is 0.477 e. The molecule has 0 aliphatic carbocycles. The Balaban J connectivity index is 1.36. The number of thioether (sulfide) groups is 1. The van der Waals surface area contributed by atoms with Crippen LogP contribution in [0.25, 0.3) is 0 Å². The summed E-state index contributed by atoms with van der Waals surface area (Å²) in [4.78, 5) is 59.0. The number of amides is 2. The molecule has 2 aliphatic rings. The van der Waals surface area contributed by atoms with Crippen LogP contribution in [0.15, 0.2) is 46.4 Å². The molecule has 2 amide bonds. The Hall–Kier alpha value is -3.91. The quantitative estimate of drug-likeness (QED) is 0.0957. The van der Waals surface area contributed by atoms with Gasteiger partial charge in [0.25, 0.3) is 5.69 Å². The van der Waals surface area contributed by atoms with E-state index in [2.05, 4.69) is 5.32 Å². The molecule has 2 aliphatic heterocycles. The molecule has 1 aromatic carbocycles. The molecule has 0 radical (unpaired) electrons. The van der Waals surface area contributed by atoms with Crippen LogP contribution < -0.4 is 5.32 Å². The zero-order chi connectivity index (χ0) is 26.4. The predicted molar refractivity (Wildman–Crippen MR) is 124 cm³/mol. The highest BCUT2D eigenvalue weighted by atomic mass is 32.2. The number of carbonyl (C=O) groups excluding carboxylic acids is 3. The van der Waals surface area contributed by atoms with Gasteiger partial charge in [0, 0.05) is 29.5 Å². The van der Waals surface area contributed by atoms with Crippen LogP contribution in [0, 0.1) is 16.0 Å². The standard InChI is InChI=1S/C22H23N3O10S/c1-12(26)18-15-10-16(19(21(29)30)24(15)20(18)28)36-9-6-17(27)34-8-7-23-22(31)35-11-13-2-4-14(5-3-13)25(32)33/h2-6,9,12,15,18,26H,7-8,10-11H2,1H3,(H,23,31)(H,29,30)/t12-,15+,18+/m0/s1. The van der Waals surface area contributed by atoms with E-state index in [0.717, 1.165) is 17.8 Å². The minimum Gasteiger partial charge on any atom is -0.477 e. The third kappa shape index (κ3) is 6.20. The van der Waals surface area contributed by atoms with Gasteiger partial charge in [0.1, 0.15) is 18.9 Å². The number of nitro groups is 1. The molecule has 0 saturated carbocycles. The fraction of sp³-hybridized carbons (Fsp3) is 0.364. The zero-order valence-electron chi connectivity index (χ0n) is 19.0. The summed E-state index contributed by atoms with van der Waals surface area (Å²) in [5.74, 6) is -3.08. The zero-order valence-corrected chi connectivity index (χ0v) is 19.8. The molecule has 0 unspecified atom stereocenters. The SMILES string of the molecule is C[C@H](O)[C@H]1C(=O)N2C(C(=O)O)=C(SC=CC(=O)OCCNC(=O)OCc3ccc([N+](=O)[O-])cc3)C[C@H]12. The van der Waals surface area contributed by atoms with Crippen molar-refractivity contribution in [2.75, 3.05) is 13.2 Å². The Bertz CT molecular complexity index is 1120. The number of rotatable bonds is 11. The van der Waals surface area contributed by atoms with Gasteiger partial charge in [-0.3, -0.25) is 14.9 Å². The molecule has 0 aromatic heterocycles. The number of esters is 1. The maximum Gasteiger partial charge on any atom is 0.407 e. The lowest BCUT2D eigenvalue weighted by Crippen LogP contribution is -2.61. The van der Waals surface area contributed by atoms with E-state index in [1.807, 2.05) is 0 Å². The van der Waals surface area contributed by atoms with Crippen LogP contribution in [0.3, 0.4) is 0 Å². The first kappa shape index (κ1) is 26.7. The molecule has 3 rings (SSSR count). The van der Waals surface area contributed by atoms with Crippen LogP contribution in [0.4, 0.5) is 10.5 Å². The number of alkyl carbamates (subject to hydrolysis) is 1. The van der Waals surface area contributed by atoms with Crippen molar-refractivity contribution >= 4 is 41.4 Å². The Morgan fingerprint density at radius 1 is 1.31 bits per heavy atom. The van der Waals surface area contributed by atoms with Gasteiger partial charge in [-0.25, -0.2) is 14.4 Å². The highest BCUT2D eigenvalue weighted by Crippen LogP contribution is 2.47. The predicted octanol–water partition coefficient (Wildman–Crippen LogP) is 1.52. The summed E-state index contributed by atoms with van der Waals surface area (Å²) in [6.45, 7) is 1.21. The Morgan fingerprint density at radius 3 is 2.61 bits per heavy atom. The molecule has 0 bridgehead atoms. The van der Waals surface area contributed by atoms with Gasteiger partial charge in [0.15, 0.2) is 0 Å². The van der Waals surface area contributed by atoms with Crippen molar-refractivity contribution in [1.82, 2.24) is 10.2 Å². The van der Waals surface area contributed by atoms with Gasteiger partial charge in [-0.2, -0.15) is 0 Å². The molecule has 3 atom stereocenters. The number of nitrogens with one attached hydrogen (secondary N) is 1. The number of ether oxygens (including phenoxy) is 2. The smallest absolute Gasteiger partial charge is 0.407 e. The van der Waals surface area contributed by atoms with Crippen LogP contribution in [-0.2, 0) is 30.5 Å². The number of aliphatic hydroxyl groups excluding tert-OH is 1. The average molecular weight is 522 g/mol. The summed E-state index contributed by atoms with van der Waals surface area (Å²) < 4.78 is 9.91. The summed E-state index contributed by atoms with van der Waals surface area (Å²) in [5.41, 5.74) is 0.329. The summed E-state index contributed by atoms with van der Waals surface area (Å²) in [6, 6.07) is 5.09. The summed E-state index contributed by atoms with van der Waals surface area (Å²) >= 11 is 0.978. The van der Waals surface area contributed by atoms with Gasteiger partial charge in [-0.1, -0.05) is 11.8 Å². The summed E-state index contributed by atoms with van der Waals surface area (Å²) in [5, 5.41) is 33.6. The number of β-lactam (4-membered cyclic amide) rings is 1. The molecular weight excluding hydrogens is 498 g/mol. The fourth-order valence-corrected chi connectivity index (χ4v) is 4.68. The highest BCUT2D eigenvalue weighted by Gasteiger charge is 2.56. The van der Waals surface area contributed by atoms with E-state index in [-0.39, 0.29) is 37.6 Å². The third-order valence-electron chi connectivity index (χ3n) is 5.44. The number of aliphatic carboxylic acids is 1. The first-order valence-corrected chi connectivity index (χ1v) is 11.6. The van der Waals surface area contributed by atoms with E-state index < -0.39 is 46.9 Å². The van der Waals surface area contributed by atoms with Crippen molar-refractivity contribution in [3.05, 3.63) is 62.0 Å². The van der Waals surface area contributed by atoms with Crippen molar-refractivity contribution in [1.29, 1.82) is 0 Å². The minimum atomic E-state index is -1.26. The molecule has 0 spiro atoms. The average Bonchev–Trinajstić information content (AvgIpc) is 3.14. The second kappa shape index (κ2) is 11.7.